The fourth-order valence-electron chi connectivity index (χ4n) is 1.38. The quantitative estimate of drug-likeness (QED) is 0.580. The van der Waals surface area contributed by atoms with E-state index >= 15 is 0 Å². The van der Waals surface area contributed by atoms with Crippen LogP contribution in [0.25, 0.3) is 0 Å². The third-order valence-electron chi connectivity index (χ3n) is 2.26. The molecule has 1 aromatic rings. The van der Waals surface area contributed by atoms with Crippen molar-refractivity contribution in [1.82, 2.24) is 20.2 Å². The van der Waals surface area contributed by atoms with Crippen LogP contribution in [0.15, 0.2) is 10.9 Å². The third kappa shape index (κ3) is 6.67. The van der Waals surface area contributed by atoms with Crippen molar-refractivity contribution >= 4 is 10.0 Å². The second-order valence-corrected chi connectivity index (χ2v) is 5.83. The molecule has 7 nitrogen and oxygen atoms in total. The van der Waals surface area contributed by atoms with Crippen LogP contribution in [-0.4, -0.2) is 43.9 Å². The van der Waals surface area contributed by atoms with E-state index in [1.165, 1.54) is 6.33 Å². The Morgan fingerprint density at radius 2 is 2.17 bits per heavy atom. The highest BCUT2D eigenvalue weighted by atomic mass is 32.2. The van der Waals surface area contributed by atoms with Gasteiger partial charge in [-0.05, 0) is 25.9 Å². The van der Waals surface area contributed by atoms with Crippen molar-refractivity contribution in [3.05, 3.63) is 12.2 Å². The minimum absolute atomic E-state index is 0.132. The van der Waals surface area contributed by atoms with E-state index in [0.29, 0.717) is 18.7 Å². The Morgan fingerprint density at radius 3 is 2.83 bits per heavy atom. The molecule has 1 aromatic heterocycles. The molecule has 0 fully saturated rings. The number of hydrogen-bond acceptors (Lipinski definition) is 6. The second kappa shape index (κ2) is 8.17. The van der Waals surface area contributed by atoms with E-state index in [4.69, 9.17) is 4.52 Å². The monoisotopic (exact) mass is 276 g/mol. The Bertz CT molecular complexity index is 405. The summed E-state index contributed by atoms with van der Waals surface area (Å²) in [6, 6.07) is 0. The molecule has 0 aliphatic rings. The van der Waals surface area contributed by atoms with Crippen LogP contribution in [-0.2, 0) is 16.4 Å². The van der Waals surface area contributed by atoms with Gasteiger partial charge < -0.3 is 9.84 Å². The van der Waals surface area contributed by atoms with Crippen LogP contribution in [0.3, 0.4) is 0 Å². The number of rotatable bonds is 10. The summed E-state index contributed by atoms with van der Waals surface area (Å²) < 4.78 is 30.4. The zero-order valence-electron chi connectivity index (χ0n) is 10.6. The highest BCUT2D eigenvalue weighted by Crippen LogP contribution is 1.93. The topological polar surface area (TPSA) is 97.1 Å². The first-order valence-electron chi connectivity index (χ1n) is 6.07. The maximum atomic E-state index is 11.6. The Morgan fingerprint density at radius 1 is 1.33 bits per heavy atom. The summed E-state index contributed by atoms with van der Waals surface area (Å²) in [5, 5.41) is 6.60. The minimum Gasteiger partial charge on any atom is -0.340 e. The van der Waals surface area contributed by atoms with Crippen LogP contribution in [0.1, 0.15) is 25.7 Å². The molecular formula is C10H20N4O3S. The van der Waals surface area contributed by atoms with E-state index in [-0.39, 0.29) is 12.3 Å². The van der Waals surface area contributed by atoms with Gasteiger partial charge in [0.15, 0.2) is 6.33 Å². The number of nitrogens with one attached hydrogen (secondary N) is 2. The van der Waals surface area contributed by atoms with E-state index < -0.39 is 10.0 Å². The highest BCUT2D eigenvalue weighted by molar-refractivity contribution is 7.89. The van der Waals surface area contributed by atoms with Gasteiger partial charge in [-0.3, -0.25) is 0 Å². The molecule has 0 aliphatic carbocycles. The molecule has 0 aliphatic heterocycles. The summed E-state index contributed by atoms with van der Waals surface area (Å²) in [5.74, 6) is 0.565. The first kappa shape index (κ1) is 15.1. The van der Waals surface area contributed by atoms with E-state index in [9.17, 15) is 8.42 Å². The lowest BCUT2D eigenvalue weighted by Crippen LogP contribution is -2.30. The zero-order chi connectivity index (χ0) is 13.3. The van der Waals surface area contributed by atoms with Gasteiger partial charge in [0.1, 0.15) is 0 Å². The smallest absolute Gasteiger partial charge is 0.227 e. The van der Waals surface area contributed by atoms with Crippen molar-refractivity contribution in [2.24, 2.45) is 0 Å². The Hall–Kier alpha value is -0.990. The summed E-state index contributed by atoms with van der Waals surface area (Å²) >= 11 is 0. The zero-order valence-corrected chi connectivity index (χ0v) is 11.4. The van der Waals surface area contributed by atoms with Gasteiger partial charge in [0.2, 0.25) is 15.9 Å². The van der Waals surface area contributed by atoms with Crippen molar-refractivity contribution < 1.29 is 12.9 Å². The lowest BCUT2D eigenvalue weighted by molar-refractivity contribution is 0.377. The molecule has 104 valence electrons. The lowest BCUT2D eigenvalue weighted by atomic mass is 10.4. The SMILES string of the molecule is CCCNCCCS(=O)(=O)NCCc1ncno1. The van der Waals surface area contributed by atoms with Crippen LogP contribution in [0.5, 0.6) is 0 Å². The predicted molar refractivity (Wildman–Crippen MR) is 67.6 cm³/mol. The molecule has 0 saturated carbocycles. The number of hydrogen-bond donors (Lipinski definition) is 2. The van der Waals surface area contributed by atoms with Crippen molar-refractivity contribution in [2.45, 2.75) is 26.2 Å². The molecule has 0 aromatic carbocycles. The van der Waals surface area contributed by atoms with Gasteiger partial charge in [-0.1, -0.05) is 12.1 Å². The van der Waals surface area contributed by atoms with Gasteiger partial charge in [-0.2, -0.15) is 4.98 Å². The third-order valence-corrected chi connectivity index (χ3v) is 3.73. The van der Waals surface area contributed by atoms with Crippen molar-refractivity contribution in [2.75, 3.05) is 25.4 Å². The number of nitrogens with zero attached hydrogens (tertiary/aromatic N) is 2. The molecule has 18 heavy (non-hydrogen) atoms. The van der Waals surface area contributed by atoms with Crippen molar-refractivity contribution in [3.63, 3.8) is 0 Å². The normalized spacial score (nSPS) is 11.8. The second-order valence-electron chi connectivity index (χ2n) is 3.90. The molecule has 0 radical (unpaired) electrons. The fraction of sp³-hybridized carbons (Fsp3) is 0.800. The predicted octanol–water partition coefficient (Wildman–Crippen LogP) is -0.0788. The standard InChI is InChI=1S/C10H20N4O3S/c1-2-5-11-6-3-8-18(15,16)14-7-4-10-12-9-13-17-10/h9,11,14H,2-8H2,1H3. The van der Waals surface area contributed by atoms with Gasteiger partial charge in [0.05, 0.1) is 5.75 Å². The Kier molecular flexibility index (Phi) is 6.84. The van der Waals surface area contributed by atoms with E-state index in [0.717, 1.165) is 19.5 Å². The molecule has 0 atom stereocenters. The maximum Gasteiger partial charge on any atom is 0.227 e. The summed E-state index contributed by atoms with van der Waals surface area (Å²) in [6.45, 7) is 4.00. The summed E-state index contributed by atoms with van der Waals surface area (Å²) in [6.07, 6.45) is 3.36. The summed E-state index contributed by atoms with van der Waals surface area (Å²) in [7, 11) is -3.20. The molecule has 0 unspecified atom stereocenters. The molecule has 0 amide bonds. The van der Waals surface area contributed by atoms with Crippen LogP contribution < -0.4 is 10.0 Å². The first-order chi connectivity index (χ1) is 8.64. The minimum atomic E-state index is -3.20. The molecule has 8 heteroatoms. The molecule has 0 spiro atoms. The van der Waals surface area contributed by atoms with Gasteiger partial charge >= 0.3 is 0 Å². The van der Waals surface area contributed by atoms with E-state index in [1.54, 1.807) is 0 Å². The first-order valence-corrected chi connectivity index (χ1v) is 7.73. The van der Waals surface area contributed by atoms with Crippen LogP contribution in [0, 0.1) is 0 Å². The van der Waals surface area contributed by atoms with Crippen molar-refractivity contribution in [3.8, 4) is 0 Å². The maximum absolute atomic E-state index is 11.6. The summed E-state index contributed by atoms with van der Waals surface area (Å²) in [5.41, 5.74) is 0. The van der Waals surface area contributed by atoms with Crippen molar-refractivity contribution in [1.29, 1.82) is 0 Å². The molecule has 0 saturated heterocycles. The molecular weight excluding hydrogens is 256 g/mol. The molecule has 1 rings (SSSR count). The number of aromatic nitrogens is 2. The van der Waals surface area contributed by atoms with E-state index in [1.807, 2.05) is 0 Å². The summed E-state index contributed by atoms with van der Waals surface area (Å²) in [4.78, 5) is 3.81. The van der Waals surface area contributed by atoms with Crippen LogP contribution >= 0.6 is 0 Å². The molecule has 1 heterocycles. The highest BCUT2D eigenvalue weighted by Gasteiger charge is 2.09. The average Bonchev–Trinajstić information content (AvgIpc) is 2.81. The Balaban J connectivity index is 2.11. The van der Waals surface area contributed by atoms with Gasteiger partial charge in [-0.25, -0.2) is 13.1 Å². The van der Waals surface area contributed by atoms with Crippen LogP contribution in [0.2, 0.25) is 0 Å². The largest absolute Gasteiger partial charge is 0.340 e. The molecule has 0 bridgehead atoms. The van der Waals surface area contributed by atoms with E-state index in [2.05, 4.69) is 27.1 Å². The van der Waals surface area contributed by atoms with Crippen LogP contribution in [0.4, 0.5) is 0 Å². The van der Waals surface area contributed by atoms with Gasteiger partial charge in [0.25, 0.3) is 0 Å². The van der Waals surface area contributed by atoms with Gasteiger partial charge in [-0.15, -0.1) is 0 Å². The molecule has 2 N–H and O–H groups in total. The van der Waals surface area contributed by atoms with Gasteiger partial charge in [0, 0.05) is 13.0 Å². The fourth-order valence-corrected chi connectivity index (χ4v) is 2.46. The lowest BCUT2D eigenvalue weighted by Gasteiger charge is -2.06. The average molecular weight is 276 g/mol. The number of sulfonamides is 1. The Labute approximate surface area is 107 Å².